The summed E-state index contributed by atoms with van der Waals surface area (Å²) in [4.78, 5) is 13.6. The van der Waals surface area contributed by atoms with E-state index in [1.165, 1.54) is 0 Å². The Labute approximate surface area is 84.4 Å². The summed E-state index contributed by atoms with van der Waals surface area (Å²) in [6.07, 6.45) is 2.60. The third kappa shape index (κ3) is 3.00. The second kappa shape index (κ2) is 5.61. The van der Waals surface area contributed by atoms with Crippen molar-refractivity contribution in [3.63, 3.8) is 0 Å². The van der Waals surface area contributed by atoms with Crippen molar-refractivity contribution >= 4 is 5.97 Å². The van der Waals surface area contributed by atoms with E-state index < -0.39 is 0 Å². The average molecular weight is 196 g/mol. The van der Waals surface area contributed by atoms with Gasteiger partial charge in [-0.1, -0.05) is 0 Å². The van der Waals surface area contributed by atoms with E-state index in [0.717, 1.165) is 25.9 Å². The molecule has 78 valence electrons. The molecular weight excluding hydrogens is 180 g/mol. The Morgan fingerprint density at radius 1 is 1.57 bits per heavy atom. The fourth-order valence-electron chi connectivity index (χ4n) is 1.60. The summed E-state index contributed by atoms with van der Waals surface area (Å²) >= 11 is 0. The first-order valence-corrected chi connectivity index (χ1v) is 5.03. The van der Waals surface area contributed by atoms with Crippen LogP contribution in [-0.2, 0) is 9.53 Å². The highest BCUT2D eigenvalue weighted by atomic mass is 16.5. The van der Waals surface area contributed by atoms with Crippen molar-refractivity contribution in [3.05, 3.63) is 0 Å². The molecule has 1 atom stereocenters. The van der Waals surface area contributed by atoms with E-state index in [1.54, 1.807) is 0 Å². The van der Waals surface area contributed by atoms with E-state index in [2.05, 4.69) is 4.90 Å². The molecule has 0 saturated carbocycles. The molecule has 0 bridgehead atoms. The number of nitrogens with zero attached hydrogens (tertiary/aromatic N) is 2. The number of esters is 1. The minimum absolute atomic E-state index is 0.156. The first-order chi connectivity index (χ1) is 6.75. The van der Waals surface area contributed by atoms with Crippen molar-refractivity contribution in [1.82, 2.24) is 4.90 Å². The highest BCUT2D eigenvalue weighted by Gasteiger charge is 2.24. The van der Waals surface area contributed by atoms with E-state index in [9.17, 15) is 4.79 Å². The van der Waals surface area contributed by atoms with Gasteiger partial charge in [0.1, 0.15) is 12.6 Å². The van der Waals surface area contributed by atoms with Crippen LogP contribution in [0.4, 0.5) is 0 Å². The van der Waals surface area contributed by atoms with Crippen LogP contribution >= 0.6 is 0 Å². The maximum Gasteiger partial charge on any atom is 0.323 e. The van der Waals surface area contributed by atoms with Crippen LogP contribution < -0.4 is 0 Å². The van der Waals surface area contributed by atoms with Gasteiger partial charge in [-0.3, -0.25) is 9.69 Å². The van der Waals surface area contributed by atoms with Gasteiger partial charge in [0.15, 0.2) is 0 Å². The van der Waals surface area contributed by atoms with E-state index in [4.69, 9.17) is 10.00 Å². The molecule has 1 fully saturated rings. The van der Waals surface area contributed by atoms with Gasteiger partial charge in [0.25, 0.3) is 0 Å². The Morgan fingerprint density at radius 2 is 2.21 bits per heavy atom. The van der Waals surface area contributed by atoms with Crippen molar-refractivity contribution in [2.75, 3.05) is 19.7 Å². The highest BCUT2D eigenvalue weighted by Crippen LogP contribution is 2.12. The van der Waals surface area contributed by atoms with Gasteiger partial charge in [0, 0.05) is 0 Å². The summed E-state index contributed by atoms with van der Waals surface area (Å²) in [5.41, 5.74) is 0. The Hall–Kier alpha value is -1.08. The third-order valence-corrected chi connectivity index (χ3v) is 2.49. The fourth-order valence-corrected chi connectivity index (χ4v) is 1.60. The highest BCUT2D eigenvalue weighted by molar-refractivity contribution is 5.75. The Morgan fingerprint density at radius 3 is 2.79 bits per heavy atom. The zero-order chi connectivity index (χ0) is 10.4. The first-order valence-electron chi connectivity index (χ1n) is 5.03. The van der Waals surface area contributed by atoms with E-state index in [1.807, 2.05) is 13.0 Å². The molecule has 1 heterocycles. The van der Waals surface area contributed by atoms with Crippen LogP contribution in [0.25, 0.3) is 0 Å². The zero-order valence-corrected chi connectivity index (χ0v) is 8.53. The van der Waals surface area contributed by atoms with Crippen LogP contribution in [0, 0.1) is 11.3 Å². The monoisotopic (exact) mass is 196 g/mol. The Kier molecular flexibility index (Phi) is 4.41. The SMILES string of the molecule is CC(C(=O)OCCC#N)N1CCCC1. The minimum Gasteiger partial charge on any atom is -0.463 e. The van der Waals surface area contributed by atoms with Gasteiger partial charge >= 0.3 is 5.97 Å². The molecule has 1 aliphatic heterocycles. The van der Waals surface area contributed by atoms with Gasteiger partial charge < -0.3 is 4.74 Å². The number of likely N-dealkylation sites (tertiary alicyclic amines) is 1. The van der Waals surface area contributed by atoms with Crippen molar-refractivity contribution in [2.45, 2.75) is 32.2 Å². The summed E-state index contributed by atoms with van der Waals surface area (Å²) in [5, 5.41) is 8.28. The molecule has 0 radical (unpaired) electrons. The number of rotatable bonds is 4. The van der Waals surface area contributed by atoms with Crippen LogP contribution in [0.2, 0.25) is 0 Å². The van der Waals surface area contributed by atoms with Gasteiger partial charge in [0.05, 0.1) is 12.5 Å². The summed E-state index contributed by atoms with van der Waals surface area (Å²) in [6.45, 7) is 4.04. The molecule has 1 unspecified atom stereocenters. The molecule has 14 heavy (non-hydrogen) atoms. The molecule has 0 aromatic rings. The van der Waals surface area contributed by atoms with Crippen LogP contribution in [0.3, 0.4) is 0 Å². The van der Waals surface area contributed by atoms with Gasteiger partial charge in [0.2, 0.25) is 0 Å². The third-order valence-electron chi connectivity index (χ3n) is 2.49. The van der Waals surface area contributed by atoms with Crippen LogP contribution in [0.15, 0.2) is 0 Å². The summed E-state index contributed by atoms with van der Waals surface area (Å²) in [5.74, 6) is -0.206. The lowest BCUT2D eigenvalue weighted by Gasteiger charge is -2.21. The maximum atomic E-state index is 11.4. The molecule has 0 amide bonds. The molecule has 0 spiro atoms. The molecule has 1 rings (SSSR count). The lowest BCUT2D eigenvalue weighted by atomic mass is 10.3. The van der Waals surface area contributed by atoms with Gasteiger partial charge in [-0.15, -0.1) is 0 Å². The minimum atomic E-state index is -0.206. The van der Waals surface area contributed by atoms with Gasteiger partial charge in [-0.25, -0.2) is 0 Å². The average Bonchev–Trinajstić information content (AvgIpc) is 2.69. The van der Waals surface area contributed by atoms with E-state index >= 15 is 0 Å². The first kappa shape index (κ1) is 11.0. The molecule has 0 aromatic carbocycles. The fraction of sp³-hybridized carbons (Fsp3) is 0.800. The Bertz CT molecular complexity index is 229. The number of hydrogen-bond donors (Lipinski definition) is 0. The molecule has 1 saturated heterocycles. The molecular formula is C10H16N2O2. The second-order valence-electron chi connectivity index (χ2n) is 3.49. The summed E-state index contributed by atoms with van der Waals surface area (Å²) in [7, 11) is 0. The number of carbonyl (C=O) groups is 1. The van der Waals surface area contributed by atoms with Crippen LogP contribution in [0.1, 0.15) is 26.2 Å². The van der Waals surface area contributed by atoms with Crippen molar-refractivity contribution < 1.29 is 9.53 Å². The maximum absolute atomic E-state index is 11.4. The molecule has 4 nitrogen and oxygen atoms in total. The second-order valence-corrected chi connectivity index (χ2v) is 3.49. The zero-order valence-electron chi connectivity index (χ0n) is 8.53. The number of hydrogen-bond acceptors (Lipinski definition) is 4. The van der Waals surface area contributed by atoms with Gasteiger partial charge in [-0.2, -0.15) is 5.26 Å². The van der Waals surface area contributed by atoms with E-state index in [-0.39, 0.29) is 25.0 Å². The molecule has 4 heteroatoms. The van der Waals surface area contributed by atoms with Crippen molar-refractivity contribution in [1.29, 1.82) is 5.26 Å². The standard InChI is InChI=1S/C10H16N2O2/c1-9(12-6-2-3-7-12)10(13)14-8-4-5-11/h9H,2-4,6-8H2,1H3. The van der Waals surface area contributed by atoms with E-state index in [0.29, 0.717) is 0 Å². The van der Waals surface area contributed by atoms with Crippen LogP contribution in [-0.4, -0.2) is 36.6 Å². The van der Waals surface area contributed by atoms with Crippen molar-refractivity contribution in [2.24, 2.45) is 0 Å². The van der Waals surface area contributed by atoms with Gasteiger partial charge in [-0.05, 0) is 32.9 Å². The molecule has 0 aromatic heterocycles. The predicted molar refractivity (Wildman–Crippen MR) is 51.5 cm³/mol. The molecule has 1 aliphatic rings. The largest absolute Gasteiger partial charge is 0.463 e. The number of nitriles is 1. The quantitative estimate of drug-likeness (QED) is 0.495. The van der Waals surface area contributed by atoms with Crippen molar-refractivity contribution in [3.8, 4) is 6.07 Å². The van der Waals surface area contributed by atoms with Crippen LogP contribution in [0.5, 0.6) is 0 Å². The lowest BCUT2D eigenvalue weighted by Crippen LogP contribution is -2.38. The Balaban J connectivity index is 2.25. The number of carbonyl (C=O) groups excluding carboxylic acids is 1. The predicted octanol–water partition coefficient (Wildman–Crippen LogP) is 0.928. The molecule has 0 aliphatic carbocycles. The normalized spacial score (nSPS) is 18.9. The molecule has 0 N–H and O–H groups in total. The summed E-state index contributed by atoms with van der Waals surface area (Å²) < 4.78 is 4.95. The lowest BCUT2D eigenvalue weighted by molar-refractivity contribution is -0.148. The smallest absolute Gasteiger partial charge is 0.323 e. The summed E-state index contributed by atoms with van der Waals surface area (Å²) in [6, 6.07) is 1.78. The topological polar surface area (TPSA) is 53.3 Å². The number of ether oxygens (including phenoxy) is 1.